The number of amides is 2. The summed E-state index contributed by atoms with van der Waals surface area (Å²) in [6.45, 7) is 5.32. The zero-order valence-corrected chi connectivity index (χ0v) is 11.8. The van der Waals surface area contributed by atoms with E-state index in [0.29, 0.717) is 12.5 Å². The molecule has 0 aromatic rings. The Bertz CT molecular complexity index is 251. The summed E-state index contributed by atoms with van der Waals surface area (Å²) in [7, 11) is 0. The molecule has 0 aromatic carbocycles. The molecule has 1 rings (SSSR count). The molecule has 3 unspecified atom stereocenters. The molecule has 0 aromatic heterocycles. The number of hydrogen-bond donors (Lipinski definition) is 2. The highest BCUT2D eigenvalue weighted by molar-refractivity contribution is 7.98. The number of rotatable bonds is 4. The van der Waals surface area contributed by atoms with Gasteiger partial charge < -0.3 is 15.3 Å². The number of carbonyl (C=O) groups is 1. The summed E-state index contributed by atoms with van der Waals surface area (Å²) >= 11 is 1.74. The number of likely N-dealkylation sites (tertiary alicyclic amines) is 1. The number of carbonyl (C=O) groups excluding carboxylic acids is 1. The molecule has 2 N–H and O–H groups in total. The molecule has 2 amide bonds. The maximum absolute atomic E-state index is 12.0. The standard InChI is InChI=1S/C12H24N2O2S/c1-4-10(8-17-3)13-12(16)14-6-5-9(2)11(15)7-14/h9-11,15H,4-8H2,1-3H3,(H,13,16). The molecule has 1 heterocycles. The van der Waals surface area contributed by atoms with Crippen molar-refractivity contribution in [2.45, 2.75) is 38.8 Å². The Kier molecular flexibility index (Phi) is 6.12. The van der Waals surface area contributed by atoms with Crippen molar-refractivity contribution in [1.29, 1.82) is 0 Å². The van der Waals surface area contributed by atoms with Gasteiger partial charge in [0.1, 0.15) is 0 Å². The van der Waals surface area contributed by atoms with Crippen molar-refractivity contribution in [3.8, 4) is 0 Å². The van der Waals surface area contributed by atoms with Gasteiger partial charge >= 0.3 is 6.03 Å². The van der Waals surface area contributed by atoms with Gasteiger partial charge in [-0.3, -0.25) is 0 Å². The highest BCUT2D eigenvalue weighted by Gasteiger charge is 2.27. The monoisotopic (exact) mass is 260 g/mol. The van der Waals surface area contributed by atoms with Crippen LogP contribution in [-0.4, -0.2) is 53.3 Å². The molecule has 3 atom stereocenters. The lowest BCUT2D eigenvalue weighted by molar-refractivity contribution is 0.0431. The van der Waals surface area contributed by atoms with Gasteiger partial charge in [-0.05, 0) is 25.0 Å². The number of thioether (sulfide) groups is 1. The van der Waals surface area contributed by atoms with Crippen molar-refractivity contribution in [3.63, 3.8) is 0 Å². The SMILES string of the molecule is CCC(CSC)NC(=O)N1CCC(C)C(O)C1. The lowest BCUT2D eigenvalue weighted by Crippen LogP contribution is -2.52. The quantitative estimate of drug-likeness (QED) is 0.806. The average Bonchev–Trinajstić information content (AvgIpc) is 2.31. The zero-order chi connectivity index (χ0) is 12.8. The second-order valence-corrected chi connectivity index (χ2v) is 5.70. The fourth-order valence-electron chi connectivity index (χ4n) is 1.96. The second-order valence-electron chi connectivity index (χ2n) is 4.79. The van der Waals surface area contributed by atoms with Gasteiger partial charge in [-0.25, -0.2) is 4.79 Å². The number of hydrogen-bond acceptors (Lipinski definition) is 3. The summed E-state index contributed by atoms with van der Waals surface area (Å²) in [5, 5.41) is 12.8. The minimum atomic E-state index is -0.380. The van der Waals surface area contributed by atoms with E-state index in [2.05, 4.69) is 12.2 Å². The fraction of sp³-hybridized carbons (Fsp3) is 0.917. The molecular weight excluding hydrogens is 236 g/mol. The largest absolute Gasteiger partial charge is 0.391 e. The summed E-state index contributed by atoms with van der Waals surface area (Å²) < 4.78 is 0. The van der Waals surface area contributed by atoms with E-state index in [9.17, 15) is 9.90 Å². The predicted octanol–water partition coefficient (Wildman–Crippen LogP) is 1.54. The number of urea groups is 1. The van der Waals surface area contributed by atoms with Crippen LogP contribution >= 0.6 is 11.8 Å². The van der Waals surface area contributed by atoms with Gasteiger partial charge in [-0.15, -0.1) is 0 Å². The number of β-amino-alcohol motifs (C(OH)–C–C–N with tert-alkyl or cyclic N) is 1. The van der Waals surface area contributed by atoms with Gasteiger partial charge in [0.05, 0.1) is 6.10 Å². The van der Waals surface area contributed by atoms with Crippen LogP contribution in [0.4, 0.5) is 4.79 Å². The highest BCUT2D eigenvalue weighted by Crippen LogP contribution is 2.17. The summed E-state index contributed by atoms with van der Waals surface area (Å²) in [4.78, 5) is 13.7. The van der Waals surface area contributed by atoms with Gasteiger partial charge in [0, 0.05) is 24.9 Å². The molecule has 1 saturated heterocycles. The zero-order valence-electron chi connectivity index (χ0n) is 11.0. The Morgan fingerprint density at radius 2 is 2.35 bits per heavy atom. The average molecular weight is 260 g/mol. The van der Waals surface area contributed by atoms with Gasteiger partial charge in [0.25, 0.3) is 0 Å². The number of piperidine rings is 1. The van der Waals surface area contributed by atoms with Gasteiger partial charge in [0.15, 0.2) is 0 Å². The molecule has 4 nitrogen and oxygen atoms in total. The van der Waals surface area contributed by atoms with Crippen molar-refractivity contribution < 1.29 is 9.90 Å². The molecule has 1 aliphatic rings. The third-order valence-electron chi connectivity index (χ3n) is 3.39. The van der Waals surface area contributed by atoms with Crippen molar-refractivity contribution in [1.82, 2.24) is 10.2 Å². The van der Waals surface area contributed by atoms with Gasteiger partial charge in [-0.2, -0.15) is 11.8 Å². The van der Waals surface area contributed by atoms with Crippen molar-refractivity contribution in [3.05, 3.63) is 0 Å². The summed E-state index contributed by atoms with van der Waals surface area (Å²) in [6.07, 6.45) is 3.49. The normalized spacial score (nSPS) is 26.7. The van der Waals surface area contributed by atoms with Crippen molar-refractivity contribution >= 4 is 17.8 Å². The van der Waals surface area contributed by atoms with E-state index >= 15 is 0 Å². The van der Waals surface area contributed by atoms with Crippen LogP contribution in [0.5, 0.6) is 0 Å². The highest BCUT2D eigenvalue weighted by atomic mass is 32.2. The van der Waals surface area contributed by atoms with E-state index in [0.717, 1.165) is 25.1 Å². The topological polar surface area (TPSA) is 52.6 Å². The Labute approximate surface area is 108 Å². The van der Waals surface area contributed by atoms with Crippen LogP contribution in [0.25, 0.3) is 0 Å². The predicted molar refractivity (Wildman–Crippen MR) is 72.4 cm³/mol. The second kappa shape index (κ2) is 7.11. The van der Waals surface area contributed by atoms with Crippen molar-refractivity contribution in [2.75, 3.05) is 25.1 Å². The number of nitrogens with one attached hydrogen (secondary N) is 1. The Hall–Kier alpha value is -0.420. The third-order valence-corrected chi connectivity index (χ3v) is 4.13. The number of nitrogens with zero attached hydrogens (tertiary/aromatic N) is 1. The van der Waals surface area contributed by atoms with E-state index in [-0.39, 0.29) is 18.2 Å². The van der Waals surface area contributed by atoms with Crippen molar-refractivity contribution in [2.24, 2.45) is 5.92 Å². The molecule has 5 heteroatoms. The van der Waals surface area contributed by atoms with Crippen LogP contribution in [0, 0.1) is 5.92 Å². The fourth-order valence-corrected chi connectivity index (χ4v) is 2.68. The first-order chi connectivity index (χ1) is 8.08. The van der Waals surface area contributed by atoms with Crippen LogP contribution in [0.3, 0.4) is 0 Å². The molecule has 17 heavy (non-hydrogen) atoms. The first-order valence-electron chi connectivity index (χ1n) is 6.30. The Morgan fingerprint density at radius 1 is 1.65 bits per heavy atom. The maximum atomic E-state index is 12.0. The van der Waals surface area contributed by atoms with E-state index in [1.54, 1.807) is 16.7 Å². The first-order valence-corrected chi connectivity index (χ1v) is 7.70. The van der Waals surface area contributed by atoms with Crippen LogP contribution in [-0.2, 0) is 0 Å². The minimum absolute atomic E-state index is 0.0307. The lowest BCUT2D eigenvalue weighted by Gasteiger charge is -2.35. The molecule has 1 fully saturated rings. The molecule has 0 aliphatic carbocycles. The smallest absolute Gasteiger partial charge is 0.317 e. The number of aliphatic hydroxyl groups is 1. The third kappa shape index (κ3) is 4.39. The van der Waals surface area contributed by atoms with E-state index in [1.165, 1.54) is 0 Å². The van der Waals surface area contributed by atoms with E-state index in [1.807, 2.05) is 13.2 Å². The summed E-state index contributed by atoms with van der Waals surface area (Å²) in [6, 6.07) is 0.200. The van der Waals surface area contributed by atoms with Crippen LogP contribution in [0.1, 0.15) is 26.7 Å². The Morgan fingerprint density at radius 3 is 2.88 bits per heavy atom. The molecule has 0 bridgehead atoms. The van der Waals surface area contributed by atoms with Crippen LogP contribution in [0.15, 0.2) is 0 Å². The molecule has 0 radical (unpaired) electrons. The first kappa shape index (κ1) is 14.6. The molecule has 0 saturated carbocycles. The van der Waals surface area contributed by atoms with Crippen LogP contribution < -0.4 is 5.32 Å². The molecule has 0 spiro atoms. The summed E-state index contributed by atoms with van der Waals surface area (Å²) in [5.74, 6) is 1.24. The molecular formula is C12H24N2O2S. The van der Waals surface area contributed by atoms with Gasteiger partial charge in [-0.1, -0.05) is 13.8 Å². The van der Waals surface area contributed by atoms with Gasteiger partial charge in [0.2, 0.25) is 0 Å². The molecule has 1 aliphatic heterocycles. The van der Waals surface area contributed by atoms with Crippen LogP contribution in [0.2, 0.25) is 0 Å². The van der Waals surface area contributed by atoms with E-state index < -0.39 is 0 Å². The number of aliphatic hydroxyl groups excluding tert-OH is 1. The maximum Gasteiger partial charge on any atom is 0.317 e. The minimum Gasteiger partial charge on any atom is -0.391 e. The lowest BCUT2D eigenvalue weighted by atomic mass is 9.96. The summed E-state index contributed by atoms with van der Waals surface area (Å²) in [5.41, 5.74) is 0. The Balaban J connectivity index is 2.41. The molecule has 100 valence electrons. The van der Waals surface area contributed by atoms with E-state index in [4.69, 9.17) is 0 Å².